The van der Waals surface area contributed by atoms with Gasteiger partial charge >= 0.3 is 0 Å². The van der Waals surface area contributed by atoms with Gasteiger partial charge in [-0.1, -0.05) is 48.5 Å². The summed E-state index contributed by atoms with van der Waals surface area (Å²) in [5.74, 6) is 1.61. The van der Waals surface area contributed by atoms with Crippen LogP contribution in [0.5, 0.6) is 5.75 Å². The van der Waals surface area contributed by atoms with E-state index in [4.69, 9.17) is 9.47 Å². The van der Waals surface area contributed by atoms with E-state index in [0.29, 0.717) is 26.3 Å². The van der Waals surface area contributed by atoms with Crippen LogP contribution in [0.15, 0.2) is 65.7 Å². The highest BCUT2D eigenvalue weighted by molar-refractivity contribution is 14.0. The summed E-state index contributed by atoms with van der Waals surface area (Å²) in [7, 11) is 1.75. The maximum absolute atomic E-state index is 5.83. The number of aliphatic imine (C=N–C) groups is 1. The molecule has 1 unspecified atom stereocenters. The molecule has 0 fully saturated rings. The minimum atomic E-state index is 0. The highest BCUT2D eigenvalue weighted by Crippen LogP contribution is 2.10. The standard InChI is InChI=1S/C20H27N3O2.HI/c1-17(25-19-11-7-4-8-12-19)15-23-20(21-2)22-13-14-24-16-18-9-5-3-6-10-18;/h3-12,17H,13-16H2,1-2H3,(H2,21,22,23);1H. The summed E-state index contributed by atoms with van der Waals surface area (Å²) in [4.78, 5) is 4.21. The Morgan fingerprint density at radius 3 is 2.31 bits per heavy atom. The van der Waals surface area contributed by atoms with Gasteiger partial charge in [-0.05, 0) is 24.6 Å². The molecule has 0 aliphatic rings. The van der Waals surface area contributed by atoms with Gasteiger partial charge < -0.3 is 20.1 Å². The molecule has 0 saturated carbocycles. The van der Waals surface area contributed by atoms with Crippen molar-refractivity contribution in [2.45, 2.75) is 19.6 Å². The Bertz CT molecular complexity index is 623. The van der Waals surface area contributed by atoms with Gasteiger partial charge in [-0.2, -0.15) is 0 Å². The number of halogens is 1. The lowest BCUT2D eigenvalue weighted by Crippen LogP contribution is -2.42. The van der Waals surface area contributed by atoms with Crippen molar-refractivity contribution in [1.82, 2.24) is 10.6 Å². The number of benzene rings is 2. The van der Waals surface area contributed by atoms with Crippen molar-refractivity contribution in [2.24, 2.45) is 4.99 Å². The van der Waals surface area contributed by atoms with Crippen LogP contribution in [0.25, 0.3) is 0 Å². The molecule has 0 aromatic heterocycles. The quantitative estimate of drug-likeness (QED) is 0.256. The fourth-order valence-corrected chi connectivity index (χ4v) is 2.24. The molecule has 0 heterocycles. The summed E-state index contributed by atoms with van der Waals surface area (Å²) in [6, 6.07) is 20.0. The van der Waals surface area contributed by atoms with Gasteiger partial charge in [0.2, 0.25) is 0 Å². The smallest absolute Gasteiger partial charge is 0.191 e. The van der Waals surface area contributed by atoms with E-state index in [1.165, 1.54) is 5.56 Å². The number of nitrogens with zero attached hydrogens (tertiary/aromatic N) is 1. The maximum Gasteiger partial charge on any atom is 0.191 e. The van der Waals surface area contributed by atoms with E-state index in [9.17, 15) is 0 Å². The number of hydrogen-bond donors (Lipinski definition) is 2. The largest absolute Gasteiger partial charge is 0.489 e. The number of hydrogen-bond acceptors (Lipinski definition) is 3. The SMILES string of the molecule is CN=C(NCCOCc1ccccc1)NCC(C)Oc1ccccc1.I. The molecular formula is C20H28IN3O2. The monoisotopic (exact) mass is 469 g/mol. The number of ether oxygens (including phenoxy) is 2. The highest BCUT2D eigenvalue weighted by atomic mass is 127. The zero-order valence-corrected chi connectivity index (χ0v) is 17.7. The first-order valence-corrected chi connectivity index (χ1v) is 8.56. The molecule has 2 aromatic carbocycles. The van der Waals surface area contributed by atoms with Crippen LogP contribution < -0.4 is 15.4 Å². The summed E-state index contributed by atoms with van der Waals surface area (Å²) in [5, 5.41) is 6.49. The van der Waals surface area contributed by atoms with Gasteiger partial charge in [0.05, 0.1) is 19.8 Å². The lowest BCUT2D eigenvalue weighted by molar-refractivity contribution is 0.125. The number of rotatable bonds is 9. The molecule has 142 valence electrons. The lowest BCUT2D eigenvalue weighted by Gasteiger charge is -2.17. The van der Waals surface area contributed by atoms with Crippen LogP contribution in [0.2, 0.25) is 0 Å². The average molecular weight is 469 g/mol. The van der Waals surface area contributed by atoms with Crippen molar-refractivity contribution in [3.05, 3.63) is 66.2 Å². The van der Waals surface area contributed by atoms with Crippen molar-refractivity contribution in [1.29, 1.82) is 0 Å². The average Bonchev–Trinajstić information content (AvgIpc) is 2.65. The van der Waals surface area contributed by atoms with Gasteiger partial charge in [-0.25, -0.2) is 0 Å². The van der Waals surface area contributed by atoms with E-state index >= 15 is 0 Å². The molecule has 0 spiro atoms. The summed E-state index contributed by atoms with van der Waals surface area (Å²) in [6.07, 6.45) is 0.0373. The van der Waals surface area contributed by atoms with Gasteiger partial charge in [-0.3, -0.25) is 4.99 Å². The normalized spacial score (nSPS) is 12.0. The Kier molecular flexibility index (Phi) is 11.5. The van der Waals surface area contributed by atoms with Crippen molar-refractivity contribution in [2.75, 3.05) is 26.7 Å². The van der Waals surface area contributed by atoms with Crippen LogP contribution in [-0.4, -0.2) is 38.8 Å². The fourth-order valence-electron chi connectivity index (χ4n) is 2.24. The Morgan fingerprint density at radius 1 is 1.00 bits per heavy atom. The van der Waals surface area contributed by atoms with E-state index in [2.05, 4.69) is 27.8 Å². The number of nitrogens with one attached hydrogen (secondary N) is 2. The summed E-state index contributed by atoms with van der Waals surface area (Å²) in [6.45, 7) is 4.62. The maximum atomic E-state index is 5.83. The molecular weight excluding hydrogens is 441 g/mol. The summed E-state index contributed by atoms with van der Waals surface area (Å²) >= 11 is 0. The van der Waals surface area contributed by atoms with E-state index in [0.717, 1.165) is 11.7 Å². The number of guanidine groups is 1. The highest BCUT2D eigenvalue weighted by Gasteiger charge is 2.05. The molecule has 2 aromatic rings. The zero-order valence-electron chi connectivity index (χ0n) is 15.4. The molecule has 6 heteroatoms. The van der Waals surface area contributed by atoms with Gasteiger partial charge in [0.25, 0.3) is 0 Å². The summed E-state index contributed by atoms with van der Waals surface area (Å²) in [5.41, 5.74) is 1.18. The van der Waals surface area contributed by atoms with Crippen LogP contribution >= 0.6 is 24.0 Å². The number of para-hydroxylation sites is 1. The first-order valence-electron chi connectivity index (χ1n) is 8.56. The Morgan fingerprint density at radius 2 is 1.65 bits per heavy atom. The first-order chi connectivity index (χ1) is 12.3. The van der Waals surface area contributed by atoms with Crippen LogP contribution in [0.1, 0.15) is 12.5 Å². The molecule has 1 atom stereocenters. The molecule has 26 heavy (non-hydrogen) atoms. The molecule has 0 aliphatic heterocycles. The minimum absolute atomic E-state index is 0. The molecule has 0 amide bonds. The van der Waals surface area contributed by atoms with E-state index in [1.54, 1.807) is 7.05 Å². The lowest BCUT2D eigenvalue weighted by atomic mass is 10.2. The Balaban J connectivity index is 0.00000338. The van der Waals surface area contributed by atoms with Crippen molar-refractivity contribution in [3.63, 3.8) is 0 Å². The molecule has 0 aliphatic carbocycles. The minimum Gasteiger partial charge on any atom is -0.489 e. The second-order valence-corrected chi connectivity index (χ2v) is 5.66. The molecule has 5 nitrogen and oxygen atoms in total. The van der Waals surface area contributed by atoms with Crippen LogP contribution in [-0.2, 0) is 11.3 Å². The third-order valence-electron chi connectivity index (χ3n) is 3.51. The van der Waals surface area contributed by atoms with E-state index in [-0.39, 0.29) is 30.1 Å². The molecule has 0 radical (unpaired) electrons. The molecule has 2 rings (SSSR count). The van der Waals surface area contributed by atoms with Crippen molar-refractivity contribution in [3.8, 4) is 5.75 Å². The van der Waals surface area contributed by atoms with E-state index < -0.39 is 0 Å². The van der Waals surface area contributed by atoms with Crippen LogP contribution in [0.4, 0.5) is 0 Å². The van der Waals surface area contributed by atoms with Crippen molar-refractivity contribution >= 4 is 29.9 Å². The predicted molar refractivity (Wildman–Crippen MR) is 117 cm³/mol. The zero-order chi connectivity index (χ0) is 17.7. The van der Waals surface area contributed by atoms with Crippen LogP contribution in [0, 0.1) is 0 Å². The van der Waals surface area contributed by atoms with Gasteiger partial charge in [0.15, 0.2) is 5.96 Å². The predicted octanol–water partition coefficient (Wildman–Crippen LogP) is 3.45. The van der Waals surface area contributed by atoms with Crippen LogP contribution in [0.3, 0.4) is 0 Å². The van der Waals surface area contributed by atoms with Crippen molar-refractivity contribution < 1.29 is 9.47 Å². The Labute approximate surface area is 173 Å². The van der Waals surface area contributed by atoms with Gasteiger partial charge in [0, 0.05) is 13.6 Å². The van der Waals surface area contributed by atoms with E-state index in [1.807, 2.05) is 55.5 Å². The first kappa shape index (κ1) is 22.2. The Hall–Kier alpha value is -1.80. The topological polar surface area (TPSA) is 54.9 Å². The third kappa shape index (κ3) is 9.05. The molecule has 0 saturated heterocycles. The molecule has 0 bridgehead atoms. The van der Waals surface area contributed by atoms with Gasteiger partial charge in [0.1, 0.15) is 11.9 Å². The second kappa shape index (κ2) is 13.4. The van der Waals surface area contributed by atoms with Gasteiger partial charge in [-0.15, -0.1) is 24.0 Å². The molecule has 2 N–H and O–H groups in total. The summed E-state index contributed by atoms with van der Waals surface area (Å²) < 4.78 is 11.5. The third-order valence-corrected chi connectivity index (χ3v) is 3.51. The second-order valence-electron chi connectivity index (χ2n) is 5.66. The fraction of sp³-hybridized carbons (Fsp3) is 0.350.